The van der Waals surface area contributed by atoms with Crippen LogP contribution < -0.4 is 5.43 Å². The van der Waals surface area contributed by atoms with Gasteiger partial charge < -0.3 is 19.6 Å². The smallest absolute Gasteiger partial charge is 0.336 e. The Morgan fingerprint density at radius 1 is 1.50 bits per heavy atom. The van der Waals surface area contributed by atoms with Crippen molar-refractivity contribution in [3.05, 3.63) is 11.8 Å². The summed E-state index contributed by atoms with van der Waals surface area (Å²) in [7, 11) is 1.37. The van der Waals surface area contributed by atoms with Crippen molar-refractivity contribution >= 4 is 5.97 Å². The van der Waals surface area contributed by atoms with E-state index in [1.165, 1.54) is 7.11 Å². The largest absolute Gasteiger partial charge is 0.466 e. The quantitative estimate of drug-likeness (QED) is 0.359. The predicted molar refractivity (Wildman–Crippen MR) is 65.3 cm³/mol. The molecule has 0 unspecified atom stereocenters. The van der Waals surface area contributed by atoms with Crippen LogP contribution in [-0.2, 0) is 19.0 Å². The van der Waals surface area contributed by atoms with Crippen molar-refractivity contribution < 1.29 is 19.0 Å². The van der Waals surface area contributed by atoms with Crippen molar-refractivity contribution in [2.24, 2.45) is 0 Å². The molecule has 1 rings (SSSR count). The zero-order chi connectivity index (χ0) is 13.2. The number of terminal acetylenes is 1. The van der Waals surface area contributed by atoms with Crippen LogP contribution in [-0.4, -0.2) is 57.6 Å². The first-order chi connectivity index (χ1) is 8.77. The lowest BCUT2D eigenvalue weighted by Crippen LogP contribution is -2.34. The fourth-order valence-electron chi connectivity index (χ4n) is 1.39. The molecule has 0 aromatic carbocycles. The normalized spacial score (nSPS) is 14.8. The highest BCUT2D eigenvalue weighted by atomic mass is 16.5. The highest BCUT2D eigenvalue weighted by Gasteiger charge is 2.19. The molecule has 0 atom stereocenters. The molecule has 100 valence electrons. The van der Waals surface area contributed by atoms with Gasteiger partial charge in [0.1, 0.15) is 6.61 Å². The number of ether oxygens (including phenoxy) is 3. The summed E-state index contributed by atoms with van der Waals surface area (Å²) < 4.78 is 15.0. The van der Waals surface area contributed by atoms with Gasteiger partial charge in [0, 0.05) is 12.7 Å². The maximum Gasteiger partial charge on any atom is 0.336 e. The monoisotopic (exact) mass is 254 g/mol. The number of methoxy groups -OCH3 is 1. The Labute approximate surface area is 107 Å². The number of hydrogen-bond acceptors (Lipinski definition) is 6. The van der Waals surface area contributed by atoms with Gasteiger partial charge in [-0.05, 0) is 0 Å². The van der Waals surface area contributed by atoms with Crippen LogP contribution in [0, 0.1) is 12.3 Å². The van der Waals surface area contributed by atoms with Crippen molar-refractivity contribution in [1.29, 1.82) is 0 Å². The van der Waals surface area contributed by atoms with E-state index < -0.39 is 0 Å². The molecule has 0 amide bonds. The number of nitrogens with zero attached hydrogens (tertiary/aromatic N) is 1. The van der Waals surface area contributed by atoms with Gasteiger partial charge in [-0.2, -0.15) is 0 Å². The van der Waals surface area contributed by atoms with Gasteiger partial charge in [0.2, 0.25) is 0 Å². The van der Waals surface area contributed by atoms with Gasteiger partial charge >= 0.3 is 5.97 Å². The number of esters is 1. The van der Waals surface area contributed by atoms with E-state index in [0.717, 1.165) is 0 Å². The molecule has 0 bridgehead atoms. The summed E-state index contributed by atoms with van der Waals surface area (Å²) >= 11 is 0. The Bertz CT molecular complexity index is 335. The van der Waals surface area contributed by atoms with Gasteiger partial charge in [-0.25, -0.2) is 9.80 Å². The standard InChI is InChI=1S/C12H18N2O4/c1-3-5-17-7-8-18-6-4-14-10-11(9-13-14)12(15)16-2/h1,9,13H,4-8,10H2,2H3. The number of carbonyl (C=O) groups excluding carboxylic acids is 1. The molecule has 0 radical (unpaired) electrons. The third-order valence-electron chi connectivity index (χ3n) is 2.29. The maximum absolute atomic E-state index is 11.2. The minimum atomic E-state index is -0.311. The summed E-state index contributed by atoms with van der Waals surface area (Å²) in [6, 6.07) is 0. The van der Waals surface area contributed by atoms with Crippen LogP contribution in [0.4, 0.5) is 0 Å². The van der Waals surface area contributed by atoms with Gasteiger partial charge in [0.25, 0.3) is 0 Å². The summed E-state index contributed by atoms with van der Waals surface area (Å²) in [5, 5.41) is 1.87. The summed E-state index contributed by atoms with van der Waals surface area (Å²) in [6.45, 7) is 3.05. The molecule has 0 aromatic heterocycles. The molecule has 1 aliphatic heterocycles. The van der Waals surface area contributed by atoms with Gasteiger partial charge in [-0.3, -0.25) is 0 Å². The Hall–Kier alpha value is -1.55. The van der Waals surface area contributed by atoms with E-state index in [2.05, 4.69) is 16.1 Å². The summed E-state index contributed by atoms with van der Waals surface area (Å²) in [5.41, 5.74) is 3.57. The topological polar surface area (TPSA) is 60.0 Å². The molecule has 18 heavy (non-hydrogen) atoms. The van der Waals surface area contributed by atoms with Gasteiger partial charge in [-0.15, -0.1) is 6.42 Å². The third-order valence-corrected chi connectivity index (χ3v) is 2.29. The van der Waals surface area contributed by atoms with Crippen LogP contribution in [0.15, 0.2) is 11.8 Å². The van der Waals surface area contributed by atoms with Crippen LogP contribution in [0.5, 0.6) is 0 Å². The first kappa shape index (κ1) is 14.5. The van der Waals surface area contributed by atoms with E-state index >= 15 is 0 Å². The minimum Gasteiger partial charge on any atom is -0.466 e. The number of rotatable bonds is 8. The van der Waals surface area contributed by atoms with Crippen LogP contribution >= 0.6 is 0 Å². The fourth-order valence-corrected chi connectivity index (χ4v) is 1.39. The number of carbonyl (C=O) groups is 1. The summed E-state index contributed by atoms with van der Waals surface area (Å²) in [5.74, 6) is 2.07. The second kappa shape index (κ2) is 8.53. The van der Waals surface area contributed by atoms with Crippen molar-refractivity contribution in [1.82, 2.24) is 10.4 Å². The molecular formula is C12H18N2O4. The number of nitrogens with one attached hydrogen (secondary N) is 1. The molecular weight excluding hydrogens is 236 g/mol. The van der Waals surface area contributed by atoms with E-state index in [1.54, 1.807) is 6.20 Å². The number of hydrazine groups is 1. The third kappa shape index (κ3) is 5.19. The lowest BCUT2D eigenvalue weighted by atomic mass is 10.3. The van der Waals surface area contributed by atoms with E-state index in [4.69, 9.17) is 15.9 Å². The molecule has 1 N–H and O–H groups in total. The molecule has 0 saturated heterocycles. The highest BCUT2D eigenvalue weighted by molar-refractivity contribution is 5.89. The van der Waals surface area contributed by atoms with Crippen molar-refractivity contribution in [2.45, 2.75) is 0 Å². The molecule has 1 heterocycles. The average Bonchev–Trinajstić information content (AvgIpc) is 2.85. The molecule has 0 spiro atoms. The molecule has 0 saturated carbocycles. The van der Waals surface area contributed by atoms with Crippen molar-refractivity contribution in [3.8, 4) is 12.3 Å². The first-order valence-electron chi connectivity index (χ1n) is 5.65. The molecule has 0 aromatic rings. The predicted octanol–water partition coefficient (Wildman–Crippen LogP) is -0.470. The van der Waals surface area contributed by atoms with Gasteiger partial charge in [0.05, 0.1) is 39.0 Å². The minimum absolute atomic E-state index is 0.309. The van der Waals surface area contributed by atoms with E-state index in [1.807, 2.05) is 5.01 Å². The van der Waals surface area contributed by atoms with Gasteiger partial charge in [-0.1, -0.05) is 5.92 Å². The van der Waals surface area contributed by atoms with Crippen molar-refractivity contribution in [3.63, 3.8) is 0 Å². The zero-order valence-corrected chi connectivity index (χ0v) is 10.5. The van der Waals surface area contributed by atoms with Crippen LogP contribution in [0.2, 0.25) is 0 Å². The zero-order valence-electron chi connectivity index (χ0n) is 10.5. The lowest BCUT2D eigenvalue weighted by molar-refractivity contribution is -0.136. The maximum atomic E-state index is 11.2. The Morgan fingerprint density at radius 2 is 2.28 bits per heavy atom. The van der Waals surface area contributed by atoms with Crippen LogP contribution in [0.25, 0.3) is 0 Å². The van der Waals surface area contributed by atoms with Gasteiger partial charge in [0.15, 0.2) is 0 Å². The second-order valence-corrected chi connectivity index (χ2v) is 3.58. The lowest BCUT2D eigenvalue weighted by Gasteiger charge is -2.15. The van der Waals surface area contributed by atoms with E-state index in [9.17, 15) is 4.79 Å². The molecule has 1 aliphatic rings. The SMILES string of the molecule is C#CCOCCOCCN1CC(C(=O)OC)=CN1. The Balaban J connectivity index is 1.99. The molecule has 0 fully saturated rings. The van der Waals surface area contributed by atoms with Crippen molar-refractivity contribution in [2.75, 3.05) is 46.6 Å². The van der Waals surface area contributed by atoms with Crippen LogP contribution in [0.1, 0.15) is 0 Å². The second-order valence-electron chi connectivity index (χ2n) is 3.58. The first-order valence-corrected chi connectivity index (χ1v) is 5.65. The fraction of sp³-hybridized carbons (Fsp3) is 0.583. The Kier molecular flexibility index (Phi) is 6.87. The molecule has 6 nitrogen and oxygen atoms in total. The van der Waals surface area contributed by atoms with E-state index in [0.29, 0.717) is 45.1 Å². The molecule has 6 heteroatoms. The van der Waals surface area contributed by atoms with E-state index in [-0.39, 0.29) is 5.97 Å². The summed E-state index contributed by atoms with van der Waals surface area (Å²) in [4.78, 5) is 11.2. The Morgan fingerprint density at radius 3 is 3.00 bits per heavy atom. The average molecular weight is 254 g/mol. The summed E-state index contributed by atoms with van der Waals surface area (Å²) in [6.07, 6.45) is 6.67. The molecule has 0 aliphatic carbocycles. The highest BCUT2D eigenvalue weighted by Crippen LogP contribution is 2.05. The number of hydrogen-bond donors (Lipinski definition) is 1. The van der Waals surface area contributed by atoms with Crippen LogP contribution in [0.3, 0.4) is 0 Å².